The van der Waals surface area contributed by atoms with Gasteiger partial charge in [-0.25, -0.2) is 0 Å². The Morgan fingerprint density at radius 1 is 1.88 bits per heavy atom. The zero-order chi connectivity index (χ0) is 6.41. The van der Waals surface area contributed by atoms with Crippen molar-refractivity contribution < 1.29 is 9.84 Å². The van der Waals surface area contributed by atoms with Gasteiger partial charge in [0.15, 0.2) is 0 Å². The fourth-order valence-corrected chi connectivity index (χ4v) is 0.255. The van der Waals surface area contributed by atoms with Gasteiger partial charge in [0.2, 0.25) is 0 Å². The molecule has 0 aliphatic heterocycles. The number of rotatable bonds is 3. The molecule has 0 rings (SSSR count). The molecule has 0 aromatic carbocycles. The molecule has 3 heteroatoms. The normalized spacial score (nSPS) is 11.5. The van der Waals surface area contributed by atoms with E-state index in [0.29, 0.717) is 12.4 Å². The van der Waals surface area contributed by atoms with Crippen LogP contribution in [0.5, 0.6) is 0 Å². The number of aliphatic hydroxyl groups excluding tert-OH is 1. The van der Waals surface area contributed by atoms with Crippen LogP contribution in [0, 0.1) is 0 Å². The van der Waals surface area contributed by atoms with Gasteiger partial charge >= 0.3 is 0 Å². The molecule has 3 nitrogen and oxygen atoms in total. The van der Waals surface area contributed by atoms with Crippen LogP contribution in [0.15, 0.2) is 12.0 Å². The second kappa shape index (κ2) is 4.46. The summed E-state index contributed by atoms with van der Waals surface area (Å²) in [7, 11) is 0. The minimum atomic E-state index is 0.0329. The Labute approximate surface area is 48.8 Å². The van der Waals surface area contributed by atoms with Gasteiger partial charge in [-0.15, -0.1) is 0 Å². The van der Waals surface area contributed by atoms with E-state index in [1.807, 2.05) is 0 Å². The summed E-state index contributed by atoms with van der Waals surface area (Å²) in [5.41, 5.74) is 5.04. The molecule has 48 valence electrons. The van der Waals surface area contributed by atoms with Crippen molar-refractivity contribution in [3.8, 4) is 0 Å². The van der Waals surface area contributed by atoms with Gasteiger partial charge in [0.25, 0.3) is 0 Å². The van der Waals surface area contributed by atoms with E-state index in [4.69, 9.17) is 15.6 Å². The van der Waals surface area contributed by atoms with Gasteiger partial charge in [-0.05, 0) is 6.92 Å². The van der Waals surface area contributed by atoms with Gasteiger partial charge in [0.05, 0.1) is 6.61 Å². The fraction of sp³-hybridized carbons (Fsp3) is 0.600. The highest BCUT2D eigenvalue weighted by Crippen LogP contribution is 1.88. The lowest BCUT2D eigenvalue weighted by atomic mass is 10.6. The molecule has 0 bridgehead atoms. The Morgan fingerprint density at radius 2 is 2.50 bits per heavy atom. The highest BCUT2D eigenvalue weighted by Gasteiger charge is 1.83. The third kappa shape index (κ3) is 3.49. The van der Waals surface area contributed by atoms with E-state index in [0.717, 1.165) is 0 Å². The number of ether oxygens (including phenoxy) is 1. The average Bonchev–Trinajstić information content (AvgIpc) is 1.83. The molecule has 0 fully saturated rings. The van der Waals surface area contributed by atoms with E-state index < -0.39 is 0 Å². The highest BCUT2D eigenvalue weighted by molar-refractivity contribution is 4.82. The smallest absolute Gasteiger partial charge is 0.111 e. The van der Waals surface area contributed by atoms with Crippen molar-refractivity contribution >= 4 is 0 Å². The second-order valence-electron chi connectivity index (χ2n) is 1.35. The van der Waals surface area contributed by atoms with E-state index in [1.54, 1.807) is 6.92 Å². The van der Waals surface area contributed by atoms with Crippen molar-refractivity contribution in [3.63, 3.8) is 0 Å². The molecule has 0 heterocycles. The summed E-state index contributed by atoms with van der Waals surface area (Å²) >= 11 is 0. The van der Waals surface area contributed by atoms with Gasteiger partial charge in [-0.3, -0.25) is 0 Å². The van der Waals surface area contributed by atoms with Gasteiger partial charge < -0.3 is 15.6 Å². The van der Waals surface area contributed by atoms with Crippen molar-refractivity contribution in [1.29, 1.82) is 0 Å². The Balaban J connectivity index is 3.12. The third-order valence-corrected chi connectivity index (χ3v) is 0.656. The van der Waals surface area contributed by atoms with E-state index in [1.165, 1.54) is 6.20 Å². The molecule has 0 aliphatic carbocycles. The van der Waals surface area contributed by atoms with Crippen LogP contribution in [0.4, 0.5) is 0 Å². The van der Waals surface area contributed by atoms with Crippen molar-refractivity contribution in [2.24, 2.45) is 5.73 Å². The lowest BCUT2D eigenvalue weighted by Crippen LogP contribution is -1.98. The van der Waals surface area contributed by atoms with E-state index in [2.05, 4.69) is 0 Å². The minimum Gasteiger partial charge on any atom is -0.494 e. The summed E-state index contributed by atoms with van der Waals surface area (Å²) < 4.78 is 4.83. The van der Waals surface area contributed by atoms with Crippen LogP contribution in [-0.2, 0) is 4.74 Å². The summed E-state index contributed by atoms with van der Waals surface area (Å²) in [6.07, 6.45) is 1.36. The topological polar surface area (TPSA) is 55.5 Å². The van der Waals surface area contributed by atoms with Crippen molar-refractivity contribution in [1.82, 2.24) is 0 Å². The van der Waals surface area contributed by atoms with E-state index in [9.17, 15) is 0 Å². The zero-order valence-electron chi connectivity index (χ0n) is 4.92. The molecule has 0 unspecified atom stereocenters. The van der Waals surface area contributed by atoms with Crippen molar-refractivity contribution in [3.05, 3.63) is 12.0 Å². The number of aliphatic hydroxyl groups is 1. The minimum absolute atomic E-state index is 0.0329. The average molecular weight is 117 g/mol. The maximum Gasteiger partial charge on any atom is 0.111 e. The summed E-state index contributed by atoms with van der Waals surface area (Å²) in [6.45, 7) is 2.08. The van der Waals surface area contributed by atoms with Gasteiger partial charge in [0.1, 0.15) is 12.4 Å². The third-order valence-electron chi connectivity index (χ3n) is 0.656. The largest absolute Gasteiger partial charge is 0.494 e. The molecule has 0 aliphatic rings. The van der Waals surface area contributed by atoms with Gasteiger partial charge in [-0.2, -0.15) is 0 Å². The molecule has 0 saturated carbocycles. The molecular weight excluding hydrogens is 106 g/mol. The van der Waals surface area contributed by atoms with Crippen molar-refractivity contribution in [2.75, 3.05) is 13.2 Å². The van der Waals surface area contributed by atoms with Gasteiger partial charge in [0, 0.05) is 6.20 Å². The number of hydrogen-bond donors (Lipinski definition) is 2. The molecule has 0 aromatic heterocycles. The predicted molar refractivity (Wildman–Crippen MR) is 31.0 cm³/mol. The van der Waals surface area contributed by atoms with E-state index in [-0.39, 0.29) is 6.61 Å². The first kappa shape index (κ1) is 7.30. The Bertz CT molecular complexity index is 80.5. The molecule has 0 aromatic rings. The SMILES string of the molecule is C/C(=C\N)OCCO. The lowest BCUT2D eigenvalue weighted by Gasteiger charge is -2.00. The first-order valence-corrected chi connectivity index (χ1v) is 2.43. The lowest BCUT2D eigenvalue weighted by molar-refractivity contribution is 0.145. The van der Waals surface area contributed by atoms with Crippen LogP contribution in [0.1, 0.15) is 6.92 Å². The first-order valence-electron chi connectivity index (χ1n) is 2.43. The molecule has 8 heavy (non-hydrogen) atoms. The Morgan fingerprint density at radius 3 is 2.88 bits per heavy atom. The Kier molecular flexibility index (Phi) is 4.07. The number of allylic oxidation sites excluding steroid dienone is 1. The van der Waals surface area contributed by atoms with Crippen molar-refractivity contribution in [2.45, 2.75) is 6.92 Å². The Hall–Kier alpha value is -0.700. The maximum atomic E-state index is 8.22. The summed E-state index contributed by atoms with van der Waals surface area (Å²) in [4.78, 5) is 0. The predicted octanol–water partition coefficient (Wildman–Crippen LogP) is -0.185. The number of nitrogens with two attached hydrogens (primary N) is 1. The molecule has 0 spiro atoms. The standard InChI is InChI=1S/C5H11NO2/c1-5(4-6)8-3-2-7/h4,7H,2-3,6H2,1H3/b5-4+. The van der Waals surface area contributed by atoms with Gasteiger partial charge in [-0.1, -0.05) is 0 Å². The van der Waals surface area contributed by atoms with Crippen LogP contribution in [0.25, 0.3) is 0 Å². The van der Waals surface area contributed by atoms with E-state index >= 15 is 0 Å². The van der Waals surface area contributed by atoms with Crippen LogP contribution in [0.3, 0.4) is 0 Å². The molecule has 0 atom stereocenters. The van der Waals surface area contributed by atoms with Crippen LogP contribution in [0.2, 0.25) is 0 Å². The van der Waals surface area contributed by atoms with Crippen LogP contribution >= 0.6 is 0 Å². The maximum absolute atomic E-state index is 8.22. The summed E-state index contributed by atoms with van der Waals surface area (Å²) in [6, 6.07) is 0. The number of hydrogen-bond acceptors (Lipinski definition) is 3. The molecule has 0 radical (unpaired) electrons. The fourth-order valence-electron chi connectivity index (χ4n) is 0.255. The second-order valence-corrected chi connectivity index (χ2v) is 1.35. The quantitative estimate of drug-likeness (QED) is 0.504. The highest BCUT2D eigenvalue weighted by atomic mass is 16.5. The monoisotopic (exact) mass is 117 g/mol. The molecular formula is C5H11NO2. The van der Waals surface area contributed by atoms with Crippen LogP contribution in [-0.4, -0.2) is 18.3 Å². The zero-order valence-corrected chi connectivity index (χ0v) is 4.92. The summed E-state index contributed by atoms with van der Waals surface area (Å²) in [5.74, 6) is 0.638. The summed E-state index contributed by atoms with van der Waals surface area (Å²) in [5, 5.41) is 8.22. The first-order chi connectivity index (χ1) is 3.81. The van der Waals surface area contributed by atoms with Crippen LogP contribution < -0.4 is 5.73 Å². The molecule has 0 amide bonds. The molecule has 0 saturated heterocycles. The molecule has 3 N–H and O–H groups in total.